The van der Waals surface area contributed by atoms with Crippen molar-refractivity contribution in [2.45, 2.75) is 56.0 Å². The lowest BCUT2D eigenvalue weighted by Crippen LogP contribution is -2.10. The van der Waals surface area contributed by atoms with Crippen molar-refractivity contribution in [3.05, 3.63) is 35.4 Å². The number of thioether (sulfide) groups is 1. The molecule has 29 heavy (non-hydrogen) atoms. The number of benzene rings is 1. The van der Waals surface area contributed by atoms with Gasteiger partial charge in [-0.3, -0.25) is 9.59 Å². The third-order valence-corrected chi connectivity index (χ3v) is 5.97. The van der Waals surface area contributed by atoms with Gasteiger partial charge in [-0.15, -0.1) is 10.2 Å². The van der Waals surface area contributed by atoms with Crippen molar-refractivity contribution >= 4 is 39.9 Å². The number of aromatic nitrogens is 2. The Morgan fingerprint density at radius 1 is 1.14 bits per heavy atom. The average Bonchev–Trinajstić information content (AvgIpc) is 3.12. The molecule has 1 heterocycles. The average molecular weight is 446 g/mol. The Hall–Kier alpha value is -1.94. The highest BCUT2D eigenvalue weighted by molar-refractivity contribution is 8.01. The van der Waals surface area contributed by atoms with Gasteiger partial charge in [-0.2, -0.15) is 13.2 Å². The molecule has 0 saturated carbocycles. The summed E-state index contributed by atoms with van der Waals surface area (Å²) in [5, 5.41) is 10.8. The number of nitrogens with one attached hydrogen (secondary N) is 1. The van der Waals surface area contributed by atoms with Crippen LogP contribution < -0.4 is 5.32 Å². The highest BCUT2D eigenvalue weighted by Gasteiger charge is 2.30. The fourth-order valence-electron chi connectivity index (χ4n) is 2.47. The van der Waals surface area contributed by atoms with Crippen LogP contribution in [0.25, 0.3) is 0 Å². The Bertz CT molecular complexity index is 825. The van der Waals surface area contributed by atoms with Crippen LogP contribution in [0.1, 0.15) is 61.4 Å². The number of Topliss-reactive ketones (excluding diaryl/α,β-unsaturated/α-hetero) is 1. The van der Waals surface area contributed by atoms with Gasteiger partial charge in [0.2, 0.25) is 11.0 Å². The summed E-state index contributed by atoms with van der Waals surface area (Å²) < 4.78 is 38.7. The predicted molar refractivity (Wildman–Crippen MR) is 108 cm³/mol. The van der Waals surface area contributed by atoms with Gasteiger partial charge >= 0.3 is 6.18 Å². The van der Waals surface area contributed by atoms with Gasteiger partial charge in [0.1, 0.15) is 0 Å². The molecule has 5 nitrogen and oxygen atoms in total. The maximum atomic E-state index is 12.8. The number of ketones is 1. The predicted octanol–water partition coefficient (Wildman–Crippen LogP) is 5.83. The highest BCUT2D eigenvalue weighted by Crippen LogP contribution is 2.30. The van der Waals surface area contributed by atoms with Crippen molar-refractivity contribution in [2.24, 2.45) is 0 Å². The largest absolute Gasteiger partial charge is 0.416 e. The quantitative estimate of drug-likeness (QED) is 0.204. The van der Waals surface area contributed by atoms with Crippen LogP contribution in [-0.4, -0.2) is 27.6 Å². The van der Waals surface area contributed by atoms with Gasteiger partial charge in [-0.1, -0.05) is 67.8 Å². The van der Waals surface area contributed by atoms with Crippen LogP contribution >= 0.6 is 23.1 Å². The van der Waals surface area contributed by atoms with Gasteiger partial charge in [-0.25, -0.2) is 0 Å². The Labute approximate surface area is 175 Å². The van der Waals surface area contributed by atoms with Crippen molar-refractivity contribution < 1.29 is 22.8 Å². The van der Waals surface area contributed by atoms with E-state index in [1.54, 1.807) is 0 Å². The second kappa shape index (κ2) is 11.3. The smallest absolute Gasteiger partial charge is 0.301 e. The number of amides is 1. The number of rotatable bonds is 11. The summed E-state index contributed by atoms with van der Waals surface area (Å²) in [6.45, 7) is 2.13. The first-order valence-corrected chi connectivity index (χ1v) is 11.1. The number of alkyl halides is 3. The zero-order valence-corrected chi connectivity index (χ0v) is 17.6. The summed E-state index contributed by atoms with van der Waals surface area (Å²) in [6.07, 6.45) is 1.17. The van der Waals surface area contributed by atoms with Crippen molar-refractivity contribution in [3.8, 4) is 0 Å². The molecule has 1 N–H and O–H groups in total. The first-order valence-electron chi connectivity index (χ1n) is 9.26. The zero-order valence-electron chi connectivity index (χ0n) is 15.9. The molecular formula is C19H22F3N3O2S2. The molecule has 0 aliphatic rings. The molecule has 0 aliphatic heterocycles. The monoisotopic (exact) mass is 445 g/mol. The molecule has 0 radical (unpaired) electrons. The first kappa shape index (κ1) is 23.3. The lowest BCUT2D eigenvalue weighted by atomic mass is 10.1. The molecule has 1 aromatic carbocycles. The molecule has 0 bridgehead atoms. The number of anilines is 1. The molecule has 1 amide bonds. The van der Waals surface area contributed by atoms with Crippen LogP contribution in [0, 0.1) is 0 Å². The van der Waals surface area contributed by atoms with Crippen molar-refractivity contribution in [2.75, 3.05) is 11.1 Å². The van der Waals surface area contributed by atoms with E-state index in [1.165, 1.54) is 12.1 Å². The van der Waals surface area contributed by atoms with Gasteiger partial charge < -0.3 is 5.32 Å². The summed E-state index contributed by atoms with van der Waals surface area (Å²) in [5.74, 6) is -0.635. The molecule has 158 valence electrons. The summed E-state index contributed by atoms with van der Waals surface area (Å²) >= 11 is 2.20. The summed E-state index contributed by atoms with van der Waals surface area (Å²) in [5.41, 5.74) is -0.864. The second-order valence-corrected chi connectivity index (χ2v) is 8.58. The standard InChI is InChI=1S/C19H22F3N3O2S2/c1-2-3-4-5-6-10-16(27)23-17-24-25-18(29-17)28-12-15(26)13-8-7-9-14(11-13)19(20,21)22/h7-9,11H,2-6,10,12H2,1H3,(H,23,24,27). The number of hydrogen-bond acceptors (Lipinski definition) is 6. The van der Waals surface area contributed by atoms with Gasteiger partial charge in [0, 0.05) is 12.0 Å². The molecule has 0 spiro atoms. The van der Waals surface area contributed by atoms with Crippen molar-refractivity contribution in [1.29, 1.82) is 0 Å². The van der Waals surface area contributed by atoms with Crippen LogP contribution in [0.3, 0.4) is 0 Å². The lowest BCUT2D eigenvalue weighted by molar-refractivity contribution is -0.137. The summed E-state index contributed by atoms with van der Waals surface area (Å²) in [4.78, 5) is 24.1. The van der Waals surface area contributed by atoms with E-state index in [4.69, 9.17) is 0 Å². The minimum absolute atomic E-state index is 0.00607. The minimum Gasteiger partial charge on any atom is -0.301 e. The van der Waals surface area contributed by atoms with Gasteiger partial charge in [0.05, 0.1) is 11.3 Å². The van der Waals surface area contributed by atoms with E-state index < -0.39 is 17.5 Å². The minimum atomic E-state index is -4.49. The van der Waals surface area contributed by atoms with E-state index in [-0.39, 0.29) is 17.2 Å². The number of halogens is 3. The van der Waals surface area contributed by atoms with Crippen molar-refractivity contribution in [1.82, 2.24) is 10.2 Å². The molecule has 0 atom stereocenters. The molecule has 10 heteroatoms. The number of nitrogens with zero attached hydrogens (tertiary/aromatic N) is 2. The van der Waals surface area contributed by atoms with E-state index in [9.17, 15) is 22.8 Å². The Morgan fingerprint density at radius 3 is 2.62 bits per heavy atom. The Morgan fingerprint density at radius 2 is 1.90 bits per heavy atom. The maximum Gasteiger partial charge on any atom is 0.416 e. The first-order chi connectivity index (χ1) is 13.8. The molecule has 2 rings (SSSR count). The van der Waals surface area contributed by atoms with E-state index in [2.05, 4.69) is 22.4 Å². The van der Waals surface area contributed by atoms with Crippen LogP contribution in [0.2, 0.25) is 0 Å². The molecule has 0 fully saturated rings. The third kappa shape index (κ3) is 8.14. The van der Waals surface area contributed by atoms with E-state index in [0.717, 1.165) is 67.3 Å². The van der Waals surface area contributed by atoms with Crippen LogP contribution in [0.5, 0.6) is 0 Å². The van der Waals surface area contributed by atoms with E-state index in [0.29, 0.717) is 15.9 Å². The topological polar surface area (TPSA) is 72.0 Å². The number of carbonyl (C=O) groups excluding carboxylic acids is 2. The summed E-state index contributed by atoms with van der Waals surface area (Å²) in [6, 6.07) is 4.33. The normalized spacial score (nSPS) is 11.4. The van der Waals surface area contributed by atoms with E-state index in [1.807, 2.05) is 0 Å². The zero-order chi connectivity index (χ0) is 21.3. The van der Waals surface area contributed by atoms with Gasteiger partial charge in [-0.05, 0) is 18.6 Å². The number of carbonyl (C=O) groups is 2. The second-order valence-electron chi connectivity index (χ2n) is 6.38. The summed E-state index contributed by atoms with van der Waals surface area (Å²) in [7, 11) is 0. The molecule has 2 aromatic rings. The molecular weight excluding hydrogens is 423 g/mol. The van der Waals surface area contributed by atoms with Crippen LogP contribution in [0.15, 0.2) is 28.6 Å². The molecule has 0 unspecified atom stereocenters. The Kier molecular flexibility index (Phi) is 9.09. The maximum absolute atomic E-state index is 12.8. The lowest BCUT2D eigenvalue weighted by Gasteiger charge is -2.07. The fourth-order valence-corrected chi connectivity index (χ4v) is 4.13. The highest BCUT2D eigenvalue weighted by atomic mass is 32.2. The van der Waals surface area contributed by atoms with Gasteiger partial charge in [0.15, 0.2) is 10.1 Å². The molecule has 0 saturated heterocycles. The number of hydrogen-bond donors (Lipinski definition) is 1. The van der Waals surface area contributed by atoms with Crippen molar-refractivity contribution in [3.63, 3.8) is 0 Å². The van der Waals surface area contributed by atoms with E-state index >= 15 is 0 Å². The van der Waals surface area contributed by atoms with Crippen LogP contribution in [-0.2, 0) is 11.0 Å². The number of unbranched alkanes of at least 4 members (excludes halogenated alkanes) is 4. The third-order valence-electron chi connectivity index (χ3n) is 4.00. The molecule has 0 aliphatic carbocycles. The Balaban J connectivity index is 1.80. The van der Waals surface area contributed by atoms with Gasteiger partial charge in [0.25, 0.3) is 0 Å². The van der Waals surface area contributed by atoms with Crippen LogP contribution in [0.4, 0.5) is 18.3 Å². The fraction of sp³-hybridized carbons (Fsp3) is 0.474. The SMILES string of the molecule is CCCCCCCC(=O)Nc1nnc(SCC(=O)c2cccc(C(F)(F)F)c2)s1. The molecule has 1 aromatic heterocycles.